The standard InChI is InChI=1S/C11H19N3O/c1-2-10-8(3-6-15-10)9(12)7-11-13-4-5-14-11/h4-5,8-10H,2-3,6-7,12H2,1H3,(H,13,14). The molecule has 0 aromatic carbocycles. The summed E-state index contributed by atoms with van der Waals surface area (Å²) >= 11 is 0. The summed E-state index contributed by atoms with van der Waals surface area (Å²) in [5.74, 6) is 1.46. The van der Waals surface area contributed by atoms with Crippen LogP contribution in [-0.4, -0.2) is 28.7 Å². The van der Waals surface area contributed by atoms with Crippen LogP contribution in [-0.2, 0) is 11.2 Å². The van der Waals surface area contributed by atoms with Crippen molar-refractivity contribution in [2.24, 2.45) is 11.7 Å². The third-order valence-corrected chi connectivity index (χ3v) is 3.20. The molecule has 1 saturated heterocycles. The van der Waals surface area contributed by atoms with Gasteiger partial charge in [0.1, 0.15) is 5.82 Å². The monoisotopic (exact) mass is 209 g/mol. The van der Waals surface area contributed by atoms with Crippen molar-refractivity contribution in [2.45, 2.75) is 38.3 Å². The lowest BCUT2D eigenvalue weighted by molar-refractivity contribution is 0.0812. The molecule has 0 bridgehead atoms. The summed E-state index contributed by atoms with van der Waals surface area (Å²) in [6.07, 6.45) is 6.90. The number of ether oxygens (including phenoxy) is 1. The lowest BCUT2D eigenvalue weighted by Crippen LogP contribution is -2.37. The topological polar surface area (TPSA) is 63.9 Å². The molecule has 2 heterocycles. The molecule has 1 fully saturated rings. The van der Waals surface area contributed by atoms with Gasteiger partial charge in [0.2, 0.25) is 0 Å². The fourth-order valence-electron chi connectivity index (χ4n) is 2.36. The van der Waals surface area contributed by atoms with E-state index in [0.29, 0.717) is 12.0 Å². The number of hydrogen-bond donors (Lipinski definition) is 2. The molecule has 0 amide bonds. The molecular weight excluding hydrogens is 190 g/mol. The summed E-state index contributed by atoms with van der Waals surface area (Å²) in [6.45, 7) is 3.01. The summed E-state index contributed by atoms with van der Waals surface area (Å²) in [7, 11) is 0. The highest BCUT2D eigenvalue weighted by atomic mass is 16.5. The van der Waals surface area contributed by atoms with Gasteiger partial charge in [0.05, 0.1) is 6.10 Å². The average Bonchev–Trinajstić information content (AvgIpc) is 2.86. The zero-order chi connectivity index (χ0) is 10.7. The fourth-order valence-corrected chi connectivity index (χ4v) is 2.36. The van der Waals surface area contributed by atoms with E-state index in [1.807, 2.05) is 6.20 Å². The van der Waals surface area contributed by atoms with Gasteiger partial charge in [0.15, 0.2) is 0 Å². The van der Waals surface area contributed by atoms with Gasteiger partial charge in [-0.2, -0.15) is 0 Å². The Kier molecular flexibility index (Phi) is 3.38. The highest BCUT2D eigenvalue weighted by Gasteiger charge is 2.31. The minimum absolute atomic E-state index is 0.156. The summed E-state index contributed by atoms with van der Waals surface area (Å²) in [5, 5.41) is 0. The van der Waals surface area contributed by atoms with Crippen LogP contribution in [0.4, 0.5) is 0 Å². The molecule has 84 valence electrons. The molecular formula is C11H19N3O. The number of nitrogens with zero attached hydrogens (tertiary/aromatic N) is 1. The quantitative estimate of drug-likeness (QED) is 0.780. The van der Waals surface area contributed by atoms with Crippen LogP contribution < -0.4 is 5.73 Å². The maximum atomic E-state index is 6.20. The number of aromatic amines is 1. The van der Waals surface area contributed by atoms with Crippen LogP contribution in [0.15, 0.2) is 12.4 Å². The first-order valence-corrected chi connectivity index (χ1v) is 5.66. The van der Waals surface area contributed by atoms with Gasteiger partial charge in [-0.05, 0) is 12.8 Å². The van der Waals surface area contributed by atoms with Crippen LogP contribution >= 0.6 is 0 Å². The van der Waals surface area contributed by atoms with E-state index in [1.54, 1.807) is 6.20 Å². The zero-order valence-corrected chi connectivity index (χ0v) is 9.15. The SMILES string of the molecule is CCC1OCCC1C(N)Cc1ncc[nH]1. The largest absolute Gasteiger partial charge is 0.378 e. The third kappa shape index (κ3) is 2.38. The predicted octanol–water partition coefficient (Wildman–Crippen LogP) is 1.09. The third-order valence-electron chi connectivity index (χ3n) is 3.20. The maximum Gasteiger partial charge on any atom is 0.107 e. The van der Waals surface area contributed by atoms with Crippen LogP contribution in [0.2, 0.25) is 0 Å². The van der Waals surface area contributed by atoms with E-state index in [1.165, 1.54) is 0 Å². The molecule has 0 spiro atoms. The number of rotatable bonds is 4. The van der Waals surface area contributed by atoms with Crippen molar-refractivity contribution in [3.8, 4) is 0 Å². The van der Waals surface area contributed by atoms with Gasteiger partial charge in [-0.3, -0.25) is 0 Å². The molecule has 1 aromatic rings. The molecule has 3 N–H and O–H groups in total. The Morgan fingerprint density at radius 1 is 1.73 bits per heavy atom. The maximum absolute atomic E-state index is 6.20. The second kappa shape index (κ2) is 4.77. The Balaban J connectivity index is 1.92. The van der Waals surface area contributed by atoms with Gasteiger partial charge in [-0.25, -0.2) is 4.98 Å². The van der Waals surface area contributed by atoms with Gasteiger partial charge in [0.25, 0.3) is 0 Å². The van der Waals surface area contributed by atoms with E-state index in [9.17, 15) is 0 Å². The van der Waals surface area contributed by atoms with E-state index >= 15 is 0 Å². The zero-order valence-electron chi connectivity index (χ0n) is 9.15. The van der Waals surface area contributed by atoms with Crippen molar-refractivity contribution in [2.75, 3.05) is 6.61 Å². The van der Waals surface area contributed by atoms with E-state index in [0.717, 1.165) is 31.7 Å². The van der Waals surface area contributed by atoms with E-state index in [4.69, 9.17) is 10.5 Å². The van der Waals surface area contributed by atoms with Crippen LogP contribution in [0.5, 0.6) is 0 Å². The van der Waals surface area contributed by atoms with Crippen molar-refractivity contribution in [3.05, 3.63) is 18.2 Å². The smallest absolute Gasteiger partial charge is 0.107 e. The molecule has 0 radical (unpaired) electrons. The molecule has 0 aliphatic carbocycles. The molecule has 3 unspecified atom stereocenters. The second-order valence-corrected chi connectivity index (χ2v) is 4.17. The molecule has 4 heteroatoms. The van der Waals surface area contributed by atoms with Gasteiger partial charge < -0.3 is 15.5 Å². The van der Waals surface area contributed by atoms with Crippen molar-refractivity contribution >= 4 is 0 Å². The summed E-state index contributed by atoms with van der Waals surface area (Å²) in [6, 6.07) is 0.156. The van der Waals surface area contributed by atoms with Crippen LogP contribution in [0, 0.1) is 5.92 Å². The minimum atomic E-state index is 0.156. The van der Waals surface area contributed by atoms with Crippen molar-refractivity contribution in [1.29, 1.82) is 0 Å². The van der Waals surface area contributed by atoms with Crippen molar-refractivity contribution < 1.29 is 4.74 Å². The number of imidazole rings is 1. The van der Waals surface area contributed by atoms with Crippen LogP contribution in [0.1, 0.15) is 25.6 Å². The summed E-state index contributed by atoms with van der Waals surface area (Å²) in [5.41, 5.74) is 6.20. The lowest BCUT2D eigenvalue weighted by Gasteiger charge is -2.22. The molecule has 1 aliphatic heterocycles. The predicted molar refractivity (Wildman–Crippen MR) is 58.4 cm³/mol. The van der Waals surface area contributed by atoms with E-state index in [2.05, 4.69) is 16.9 Å². The Morgan fingerprint density at radius 2 is 2.60 bits per heavy atom. The van der Waals surface area contributed by atoms with E-state index in [-0.39, 0.29) is 6.04 Å². The molecule has 1 aromatic heterocycles. The number of H-pyrrole nitrogens is 1. The van der Waals surface area contributed by atoms with Gasteiger partial charge in [0, 0.05) is 37.4 Å². The minimum Gasteiger partial charge on any atom is -0.378 e. The molecule has 15 heavy (non-hydrogen) atoms. The molecule has 1 aliphatic rings. The van der Waals surface area contributed by atoms with Gasteiger partial charge in [-0.15, -0.1) is 0 Å². The first-order valence-electron chi connectivity index (χ1n) is 5.66. The average molecular weight is 209 g/mol. The van der Waals surface area contributed by atoms with Gasteiger partial charge in [-0.1, -0.05) is 6.92 Å². The Labute approximate surface area is 90.2 Å². The normalized spacial score (nSPS) is 28.1. The molecule has 4 nitrogen and oxygen atoms in total. The van der Waals surface area contributed by atoms with Gasteiger partial charge >= 0.3 is 0 Å². The summed E-state index contributed by atoms with van der Waals surface area (Å²) < 4.78 is 5.64. The lowest BCUT2D eigenvalue weighted by atomic mass is 9.90. The number of aromatic nitrogens is 2. The number of hydrogen-bond acceptors (Lipinski definition) is 3. The molecule has 0 saturated carbocycles. The second-order valence-electron chi connectivity index (χ2n) is 4.17. The number of nitrogens with one attached hydrogen (secondary N) is 1. The Bertz CT molecular complexity index is 286. The molecule has 2 rings (SSSR count). The van der Waals surface area contributed by atoms with Crippen LogP contribution in [0.3, 0.4) is 0 Å². The first-order chi connectivity index (χ1) is 7.31. The Morgan fingerprint density at radius 3 is 3.27 bits per heavy atom. The Hall–Kier alpha value is -0.870. The fraction of sp³-hybridized carbons (Fsp3) is 0.727. The summed E-state index contributed by atoms with van der Waals surface area (Å²) in [4.78, 5) is 7.29. The molecule has 3 atom stereocenters. The van der Waals surface area contributed by atoms with E-state index < -0.39 is 0 Å². The van der Waals surface area contributed by atoms with Crippen LogP contribution in [0.25, 0.3) is 0 Å². The van der Waals surface area contributed by atoms with Crippen molar-refractivity contribution in [3.63, 3.8) is 0 Å². The van der Waals surface area contributed by atoms with Crippen molar-refractivity contribution in [1.82, 2.24) is 9.97 Å². The number of nitrogens with two attached hydrogens (primary N) is 1. The highest BCUT2D eigenvalue weighted by Crippen LogP contribution is 2.26. The first kappa shape index (κ1) is 10.6. The highest BCUT2D eigenvalue weighted by molar-refractivity contribution is 4.94.